The van der Waals surface area contributed by atoms with E-state index < -0.39 is 11.7 Å². The lowest BCUT2D eigenvalue weighted by atomic mass is 10.1. The van der Waals surface area contributed by atoms with Crippen molar-refractivity contribution in [3.63, 3.8) is 0 Å². The molecule has 0 spiro atoms. The molecule has 3 aromatic rings. The number of aryl methyl sites for hydroxylation is 1. The monoisotopic (exact) mass is 384 g/mol. The number of nitrogens with one attached hydrogen (secondary N) is 1. The summed E-state index contributed by atoms with van der Waals surface area (Å²) in [6.07, 6.45) is 4.34. The number of hydrogen-bond acceptors (Lipinski definition) is 3. The van der Waals surface area contributed by atoms with Gasteiger partial charge in [-0.3, -0.25) is 4.79 Å². The number of aromatic nitrogens is 3. The van der Waals surface area contributed by atoms with Gasteiger partial charge in [-0.15, -0.1) is 10.2 Å². The fourth-order valence-corrected chi connectivity index (χ4v) is 3.47. The highest BCUT2D eigenvalue weighted by molar-refractivity contribution is 6.30. The predicted octanol–water partition coefficient (Wildman–Crippen LogP) is 4.72. The number of halogens is 2. The Labute approximate surface area is 161 Å². The van der Waals surface area contributed by atoms with E-state index in [0.717, 1.165) is 49.1 Å². The number of hydrogen-bond donors (Lipinski definition) is 1. The molecule has 0 bridgehead atoms. The Kier molecular flexibility index (Phi) is 4.90. The lowest BCUT2D eigenvalue weighted by Crippen LogP contribution is -2.13. The third-order valence-corrected chi connectivity index (χ3v) is 4.90. The normalized spacial score (nSPS) is 13.7. The van der Waals surface area contributed by atoms with Gasteiger partial charge in [-0.2, -0.15) is 0 Å². The van der Waals surface area contributed by atoms with E-state index in [1.165, 1.54) is 18.6 Å². The minimum atomic E-state index is -0.654. The van der Waals surface area contributed by atoms with Crippen LogP contribution in [0, 0.1) is 5.82 Å². The van der Waals surface area contributed by atoms with Gasteiger partial charge in [0.2, 0.25) is 0 Å². The van der Waals surface area contributed by atoms with Gasteiger partial charge < -0.3 is 9.88 Å². The Balaban J connectivity index is 1.60. The van der Waals surface area contributed by atoms with Crippen LogP contribution in [-0.2, 0) is 13.0 Å². The topological polar surface area (TPSA) is 59.8 Å². The number of benzene rings is 2. The lowest BCUT2D eigenvalue weighted by molar-refractivity contribution is 0.102. The van der Waals surface area contributed by atoms with Gasteiger partial charge in [-0.05, 0) is 43.2 Å². The second kappa shape index (κ2) is 7.48. The smallest absolute Gasteiger partial charge is 0.258 e. The highest BCUT2D eigenvalue weighted by Gasteiger charge is 2.17. The number of amides is 1. The molecule has 1 N–H and O–H groups in total. The molecule has 0 saturated heterocycles. The van der Waals surface area contributed by atoms with Crippen LogP contribution in [0.1, 0.15) is 35.4 Å². The first-order chi connectivity index (χ1) is 13.1. The predicted molar refractivity (Wildman–Crippen MR) is 102 cm³/mol. The van der Waals surface area contributed by atoms with Gasteiger partial charge in [0.1, 0.15) is 11.6 Å². The second-order valence-electron chi connectivity index (χ2n) is 6.56. The van der Waals surface area contributed by atoms with Crippen molar-refractivity contribution in [3.05, 3.63) is 64.7 Å². The third-order valence-electron chi connectivity index (χ3n) is 4.66. The van der Waals surface area contributed by atoms with E-state index in [2.05, 4.69) is 20.1 Å². The molecule has 0 aliphatic carbocycles. The van der Waals surface area contributed by atoms with Gasteiger partial charge in [0.25, 0.3) is 5.91 Å². The molecular formula is C20H18ClFN4O. The molecule has 1 aromatic heterocycles. The van der Waals surface area contributed by atoms with E-state index in [-0.39, 0.29) is 10.6 Å². The fourth-order valence-electron chi connectivity index (χ4n) is 3.31. The third kappa shape index (κ3) is 3.71. The summed E-state index contributed by atoms with van der Waals surface area (Å²) in [4.78, 5) is 12.4. The summed E-state index contributed by atoms with van der Waals surface area (Å²) in [5, 5.41) is 11.6. The van der Waals surface area contributed by atoms with Crippen molar-refractivity contribution in [2.75, 3.05) is 5.32 Å². The minimum Gasteiger partial charge on any atom is -0.322 e. The molecule has 7 heteroatoms. The van der Waals surface area contributed by atoms with Crippen LogP contribution >= 0.6 is 11.6 Å². The second-order valence-corrected chi connectivity index (χ2v) is 7.00. The van der Waals surface area contributed by atoms with Crippen molar-refractivity contribution in [1.29, 1.82) is 0 Å². The zero-order valence-electron chi connectivity index (χ0n) is 14.6. The van der Waals surface area contributed by atoms with Crippen molar-refractivity contribution >= 4 is 23.2 Å². The van der Waals surface area contributed by atoms with Crippen LogP contribution in [0.25, 0.3) is 11.4 Å². The SMILES string of the molecule is O=C(Nc1cccc(-c2nnc3n2CCCCC3)c1)c1ccc(Cl)cc1F. The summed E-state index contributed by atoms with van der Waals surface area (Å²) in [6, 6.07) is 11.3. The maximum Gasteiger partial charge on any atom is 0.258 e. The standard InChI is InChI=1S/C20H18ClFN4O/c21-14-8-9-16(17(22)12-14)20(27)23-15-6-4-5-13(11-15)19-25-24-18-7-2-1-3-10-26(18)19/h4-6,8-9,11-12H,1-3,7,10H2,(H,23,27). The zero-order chi connectivity index (χ0) is 18.8. The summed E-state index contributed by atoms with van der Waals surface area (Å²) in [5.41, 5.74) is 1.38. The first-order valence-corrected chi connectivity index (χ1v) is 9.28. The Bertz CT molecular complexity index is 1000. The summed E-state index contributed by atoms with van der Waals surface area (Å²) in [5.74, 6) is 0.612. The summed E-state index contributed by atoms with van der Waals surface area (Å²) in [6.45, 7) is 0.893. The Hall–Kier alpha value is -2.73. The van der Waals surface area contributed by atoms with Gasteiger partial charge in [0.05, 0.1) is 5.56 Å². The van der Waals surface area contributed by atoms with E-state index in [9.17, 15) is 9.18 Å². The highest BCUT2D eigenvalue weighted by Crippen LogP contribution is 2.25. The van der Waals surface area contributed by atoms with Crippen LogP contribution < -0.4 is 5.32 Å². The molecule has 0 unspecified atom stereocenters. The van der Waals surface area contributed by atoms with E-state index >= 15 is 0 Å². The highest BCUT2D eigenvalue weighted by atomic mass is 35.5. The molecule has 0 fully saturated rings. The number of anilines is 1. The average molecular weight is 385 g/mol. The van der Waals surface area contributed by atoms with Gasteiger partial charge in [0.15, 0.2) is 5.82 Å². The van der Waals surface area contributed by atoms with E-state index in [1.54, 1.807) is 6.07 Å². The molecule has 2 aromatic carbocycles. The van der Waals surface area contributed by atoms with E-state index in [4.69, 9.17) is 11.6 Å². The van der Waals surface area contributed by atoms with Gasteiger partial charge >= 0.3 is 0 Å². The van der Waals surface area contributed by atoms with Crippen LogP contribution in [0.2, 0.25) is 5.02 Å². The summed E-state index contributed by atoms with van der Waals surface area (Å²) >= 11 is 5.74. The Morgan fingerprint density at radius 1 is 1.11 bits per heavy atom. The fraction of sp³-hybridized carbons (Fsp3) is 0.250. The number of fused-ring (bicyclic) bond motifs is 1. The molecule has 4 rings (SSSR count). The van der Waals surface area contributed by atoms with Crippen LogP contribution in [0.15, 0.2) is 42.5 Å². The molecule has 5 nitrogen and oxygen atoms in total. The largest absolute Gasteiger partial charge is 0.322 e. The minimum absolute atomic E-state index is 0.0545. The van der Waals surface area contributed by atoms with Crippen LogP contribution in [0.4, 0.5) is 10.1 Å². The van der Waals surface area contributed by atoms with Crippen LogP contribution in [0.5, 0.6) is 0 Å². The molecule has 1 aliphatic rings. The number of rotatable bonds is 3. The summed E-state index contributed by atoms with van der Waals surface area (Å²) in [7, 11) is 0. The van der Waals surface area contributed by atoms with Gasteiger partial charge in [0, 0.05) is 29.2 Å². The molecule has 138 valence electrons. The van der Waals surface area contributed by atoms with Crippen molar-refractivity contribution in [3.8, 4) is 11.4 Å². The van der Waals surface area contributed by atoms with Crippen LogP contribution in [-0.4, -0.2) is 20.7 Å². The maximum atomic E-state index is 14.0. The summed E-state index contributed by atoms with van der Waals surface area (Å²) < 4.78 is 16.1. The van der Waals surface area contributed by atoms with Gasteiger partial charge in [-0.1, -0.05) is 30.2 Å². The lowest BCUT2D eigenvalue weighted by Gasteiger charge is -2.10. The number of carbonyl (C=O) groups is 1. The van der Waals surface area contributed by atoms with Crippen LogP contribution in [0.3, 0.4) is 0 Å². The van der Waals surface area contributed by atoms with Crippen molar-refractivity contribution in [2.45, 2.75) is 32.2 Å². The molecular weight excluding hydrogens is 367 g/mol. The molecule has 1 amide bonds. The maximum absolute atomic E-state index is 14.0. The molecule has 27 heavy (non-hydrogen) atoms. The number of carbonyl (C=O) groups excluding carboxylic acids is 1. The van der Waals surface area contributed by atoms with Crippen molar-refractivity contribution < 1.29 is 9.18 Å². The molecule has 2 heterocycles. The Morgan fingerprint density at radius 3 is 2.85 bits per heavy atom. The quantitative estimate of drug-likeness (QED) is 0.711. The zero-order valence-corrected chi connectivity index (χ0v) is 15.3. The van der Waals surface area contributed by atoms with Gasteiger partial charge in [-0.25, -0.2) is 4.39 Å². The molecule has 0 atom stereocenters. The van der Waals surface area contributed by atoms with Crippen molar-refractivity contribution in [2.24, 2.45) is 0 Å². The van der Waals surface area contributed by atoms with Crippen molar-refractivity contribution in [1.82, 2.24) is 14.8 Å². The first kappa shape index (κ1) is 17.7. The molecule has 0 radical (unpaired) electrons. The molecule has 0 saturated carbocycles. The first-order valence-electron chi connectivity index (χ1n) is 8.91. The Morgan fingerprint density at radius 2 is 2.00 bits per heavy atom. The van der Waals surface area contributed by atoms with E-state index in [1.807, 2.05) is 18.2 Å². The number of nitrogens with zero attached hydrogens (tertiary/aromatic N) is 3. The van der Waals surface area contributed by atoms with E-state index in [0.29, 0.717) is 5.69 Å². The average Bonchev–Trinajstić information content (AvgIpc) is 2.90. The molecule has 1 aliphatic heterocycles.